The van der Waals surface area contributed by atoms with Gasteiger partial charge in [0, 0.05) is 18.3 Å². The first-order valence-corrected chi connectivity index (χ1v) is 7.75. The first-order chi connectivity index (χ1) is 8.72. The summed E-state index contributed by atoms with van der Waals surface area (Å²) in [4.78, 5) is 11.8. The Labute approximate surface area is 113 Å². The molecule has 4 nitrogen and oxygen atoms in total. The molecule has 18 heavy (non-hydrogen) atoms. The van der Waals surface area contributed by atoms with Crippen LogP contribution in [0.4, 0.5) is 0 Å². The highest BCUT2D eigenvalue weighted by molar-refractivity contribution is 7.99. The van der Waals surface area contributed by atoms with Crippen LogP contribution >= 0.6 is 11.8 Å². The standard InChI is InChI=1S/C13H21N3OS/c1-3-7-18-9-13(17)15-11-5-4-6-12-10(11)8-14-16(12)2/h8,11H,3-7,9H2,1-2H3,(H,15,17)/t11-/m0/s1. The number of nitrogens with one attached hydrogen (secondary N) is 1. The molecule has 0 unspecified atom stereocenters. The van der Waals surface area contributed by atoms with Crippen LogP contribution in [0.1, 0.15) is 43.5 Å². The maximum Gasteiger partial charge on any atom is 0.230 e. The van der Waals surface area contributed by atoms with Crippen molar-refractivity contribution in [3.63, 3.8) is 0 Å². The summed E-state index contributed by atoms with van der Waals surface area (Å²) in [5.41, 5.74) is 2.48. The van der Waals surface area contributed by atoms with Crippen molar-refractivity contribution < 1.29 is 4.79 Å². The fourth-order valence-electron chi connectivity index (χ4n) is 2.40. The van der Waals surface area contributed by atoms with Gasteiger partial charge in [-0.25, -0.2) is 0 Å². The van der Waals surface area contributed by atoms with Gasteiger partial charge < -0.3 is 5.32 Å². The van der Waals surface area contributed by atoms with Crippen LogP contribution in [0, 0.1) is 0 Å². The molecule has 0 saturated heterocycles. The van der Waals surface area contributed by atoms with Gasteiger partial charge in [-0.1, -0.05) is 6.92 Å². The molecule has 1 heterocycles. The highest BCUT2D eigenvalue weighted by Crippen LogP contribution is 2.29. The van der Waals surface area contributed by atoms with Gasteiger partial charge in [0.05, 0.1) is 18.0 Å². The number of rotatable bonds is 5. The minimum atomic E-state index is 0.148. The Bertz CT molecular complexity index is 416. The van der Waals surface area contributed by atoms with Gasteiger partial charge in [-0.2, -0.15) is 16.9 Å². The molecule has 100 valence electrons. The van der Waals surface area contributed by atoms with E-state index in [-0.39, 0.29) is 11.9 Å². The van der Waals surface area contributed by atoms with E-state index in [0.717, 1.165) is 31.4 Å². The zero-order chi connectivity index (χ0) is 13.0. The van der Waals surface area contributed by atoms with Crippen molar-refractivity contribution in [2.24, 2.45) is 7.05 Å². The molecular weight excluding hydrogens is 246 g/mol. The average molecular weight is 267 g/mol. The Morgan fingerprint density at radius 3 is 3.28 bits per heavy atom. The lowest BCUT2D eigenvalue weighted by Gasteiger charge is -2.23. The Hall–Kier alpha value is -0.970. The predicted molar refractivity (Wildman–Crippen MR) is 74.6 cm³/mol. The second-order valence-corrected chi connectivity index (χ2v) is 5.84. The highest BCUT2D eigenvalue weighted by atomic mass is 32.2. The van der Waals surface area contributed by atoms with E-state index in [4.69, 9.17) is 0 Å². The van der Waals surface area contributed by atoms with Gasteiger partial charge in [0.25, 0.3) is 0 Å². The van der Waals surface area contributed by atoms with Gasteiger partial charge in [-0.05, 0) is 31.4 Å². The minimum absolute atomic E-state index is 0.148. The van der Waals surface area contributed by atoms with Crippen LogP contribution in [-0.4, -0.2) is 27.2 Å². The summed E-state index contributed by atoms with van der Waals surface area (Å²) in [7, 11) is 1.97. The fraction of sp³-hybridized carbons (Fsp3) is 0.692. The zero-order valence-corrected chi connectivity index (χ0v) is 11.9. The molecule has 1 aromatic heterocycles. The normalized spacial score (nSPS) is 18.4. The number of amides is 1. The number of hydrogen-bond donors (Lipinski definition) is 1. The largest absolute Gasteiger partial charge is 0.348 e. The smallest absolute Gasteiger partial charge is 0.230 e. The molecular formula is C13H21N3OS. The number of aryl methyl sites for hydroxylation is 1. The van der Waals surface area contributed by atoms with Crippen molar-refractivity contribution in [1.82, 2.24) is 15.1 Å². The van der Waals surface area contributed by atoms with E-state index in [1.54, 1.807) is 11.8 Å². The predicted octanol–water partition coefficient (Wildman–Crippen LogP) is 2.06. The average Bonchev–Trinajstić information content (AvgIpc) is 2.73. The quantitative estimate of drug-likeness (QED) is 0.831. The Balaban J connectivity index is 1.92. The van der Waals surface area contributed by atoms with Crippen molar-refractivity contribution in [3.05, 3.63) is 17.5 Å². The van der Waals surface area contributed by atoms with Gasteiger partial charge in [-0.3, -0.25) is 9.48 Å². The fourth-order valence-corrected chi connectivity index (χ4v) is 3.10. The monoisotopic (exact) mass is 267 g/mol. The van der Waals surface area contributed by atoms with Crippen LogP contribution in [0.25, 0.3) is 0 Å². The molecule has 0 radical (unpaired) electrons. The Kier molecular flexibility index (Phi) is 4.69. The van der Waals surface area contributed by atoms with Crippen molar-refractivity contribution >= 4 is 17.7 Å². The maximum atomic E-state index is 11.8. The third-order valence-corrected chi connectivity index (χ3v) is 4.46. The van der Waals surface area contributed by atoms with E-state index in [0.29, 0.717) is 5.75 Å². The molecule has 0 bridgehead atoms. The Morgan fingerprint density at radius 1 is 1.67 bits per heavy atom. The summed E-state index contributed by atoms with van der Waals surface area (Å²) in [6.07, 6.45) is 6.25. The van der Waals surface area contributed by atoms with Crippen molar-refractivity contribution in [3.8, 4) is 0 Å². The van der Waals surface area contributed by atoms with E-state index in [1.165, 1.54) is 11.3 Å². The number of aromatic nitrogens is 2. The van der Waals surface area contributed by atoms with Crippen LogP contribution in [-0.2, 0) is 18.3 Å². The van der Waals surface area contributed by atoms with E-state index in [1.807, 2.05) is 17.9 Å². The molecule has 1 amide bonds. The van der Waals surface area contributed by atoms with Crippen molar-refractivity contribution in [2.45, 2.75) is 38.6 Å². The summed E-state index contributed by atoms with van der Waals surface area (Å²) >= 11 is 1.70. The van der Waals surface area contributed by atoms with Crippen LogP contribution in [0.5, 0.6) is 0 Å². The summed E-state index contributed by atoms with van der Waals surface area (Å²) in [5.74, 6) is 1.77. The number of fused-ring (bicyclic) bond motifs is 1. The zero-order valence-electron chi connectivity index (χ0n) is 11.1. The first kappa shape index (κ1) is 13.5. The second kappa shape index (κ2) is 6.27. The van der Waals surface area contributed by atoms with Gasteiger partial charge in [0.2, 0.25) is 5.91 Å². The molecule has 1 aromatic rings. The Morgan fingerprint density at radius 2 is 2.50 bits per heavy atom. The molecule has 0 saturated carbocycles. The minimum Gasteiger partial charge on any atom is -0.348 e. The molecule has 1 aliphatic rings. The summed E-state index contributed by atoms with van der Waals surface area (Å²) < 4.78 is 1.93. The molecule has 0 spiro atoms. The molecule has 0 aliphatic heterocycles. The SMILES string of the molecule is CCCSCC(=O)N[C@H]1CCCc2c1cnn2C. The van der Waals surface area contributed by atoms with Gasteiger partial charge in [0.15, 0.2) is 0 Å². The maximum absolute atomic E-state index is 11.8. The van der Waals surface area contributed by atoms with Crippen LogP contribution in [0.2, 0.25) is 0 Å². The number of carbonyl (C=O) groups excluding carboxylic acids is 1. The van der Waals surface area contributed by atoms with Gasteiger partial charge in [0.1, 0.15) is 0 Å². The number of nitrogens with zero attached hydrogens (tertiary/aromatic N) is 2. The lowest BCUT2D eigenvalue weighted by atomic mass is 9.93. The van der Waals surface area contributed by atoms with Crippen LogP contribution < -0.4 is 5.32 Å². The lowest BCUT2D eigenvalue weighted by Crippen LogP contribution is -2.32. The molecule has 0 aromatic carbocycles. The topological polar surface area (TPSA) is 46.9 Å². The van der Waals surface area contributed by atoms with E-state index in [9.17, 15) is 4.79 Å². The molecule has 5 heteroatoms. The van der Waals surface area contributed by atoms with E-state index in [2.05, 4.69) is 17.3 Å². The highest BCUT2D eigenvalue weighted by Gasteiger charge is 2.24. The molecule has 1 N–H and O–H groups in total. The van der Waals surface area contributed by atoms with Gasteiger partial charge in [-0.15, -0.1) is 0 Å². The van der Waals surface area contributed by atoms with E-state index < -0.39 is 0 Å². The number of hydrogen-bond acceptors (Lipinski definition) is 3. The van der Waals surface area contributed by atoms with Crippen molar-refractivity contribution in [2.75, 3.05) is 11.5 Å². The van der Waals surface area contributed by atoms with E-state index >= 15 is 0 Å². The third kappa shape index (κ3) is 3.07. The molecule has 1 atom stereocenters. The lowest BCUT2D eigenvalue weighted by molar-refractivity contribution is -0.119. The molecule has 0 fully saturated rings. The van der Waals surface area contributed by atoms with Gasteiger partial charge >= 0.3 is 0 Å². The molecule has 1 aliphatic carbocycles. The van der Waals surface area contributed by atoms with Crippen LogP contribution in [0.15, 0.2) is 6.20 Å². The number of thioether (sulfide) groups is 1. The number of carbonyl (C=O) groups is 1. The summed E-state index contributed by atoms with van der Waals surface area (Å²) in [6.45, 7) is 2.13. The van der Waals surface area contributed by atoms with Crippen LogP contribution in [0.3, 0.4) is 0 Å². The van der Waals surface area contributed by atoms with Crippen molar-refractivity contribution in [1.29, 1.82) is 0 Å². The third-order valence-electron chi connectivity index (χ3n) is 3.29. The second-order valence-electron chi connectivity index (χ2n) is 4.74. The summed E-state index contributed by atoms with van der Waals surface area (Å²) in [6, 6.07) is 0.164. The molecule has 2 rings (SSSR count). The first-order valence-electron chi connectivity index (χ1n) is 6.60. The summed E-state index contributed by atoms with van der Waals surface area (Å²) in [5, 5.41) is 7.43.